The number of carbonyl (C=O) groups excluding carboxylic acids is 3. The first-order chi connectivity index (χ1) is 10.5. The Morgan fingerprint density at radius 3 is 2.95 bits per heavy atom. The van der Waals surface area contributed by atoms with Crippen molar-refractivity contribution in [2.24, 2.45) is 0 Å². The van der Waals surface area contributed by atoms with Crippen LogP contribution >= 0.6 is 11.3 Å². The third-order valence-corrected chi connectivity index (χ3v) is 4.13. The number of hydroxylamine groups is 2. The molecule has 1 aromatic rings. The Hall–Kier alpha value is -2.01. The fraction of sp³-hybridized carbons (Fsp3) is 0.417. The van der Waals surface area contributed by atoms with Crippen LogP contribution in [0.4, 0.5) is 5.00 Å². The molecule has 3 rings (SSSR count). The number of nitrogens with zero attached hydrogens (tertiary/aromatic N) is 2. The van der Waals surface area contributed by atoms with Crippen molar-refractivity contribution < 1.29 is 28.8 Å². The number of rotatable bonds is 3. The maximum Gasteiger partial charge on any atom is 0.324 e. The lowest BCUT2D eigenvalue weighted by molar-refractivity contribution is -0.420. The van der Waals surface area contributed by atoms with Gasteiger partial charge in [-0.15, -0.1) is 11.3 Å². The lowest BCUT2D eigenvalue weighted by Crippen LogP contribution is -2.50. The van der Waals surface area contributed by atoms with E-state index in [4.69, 9.17) is 15.4 Å². The molecule has 1 saturated heterocycles. The van der Waals surface area contributed by atoms with Crippen LogP contribution in [-0.2, 0) is 19.2 Å². The lowest BCUT2D eigenvalue weighted by atomic mass is 10.2. The average Bonchev–Trinajstić information content (AvgIpc) is 3.00. The molecule has 9 nitrogen and oxygen atoms in total. The van der Waals surface area contributed by atoms with E-state index < -0.39 is 24.0 Å². The van der Waals surface area contributed by atoms with Gasteiger partial charge in [0.1, 0.15) is 6.54 Å². The van der Waals surface area contributed by atoms with Crippen molar-refractivity contribution in [3.8, 4) is 0 Å². The van der Waals surface area contributed by atoms with Crippen LogP contribution in [0.2, 0.25) is 0 Å². The third kappa shape index (κ3) is 2.35. The van der Waals surface area contributed by atoms with Gasteiger partial charge in [0.05, 0.1) is 29.8 Å². The number of nitrogens with two attached hydrogens (primary N) is 1. The summed E-state index contributed by atoms with van der Waals surface area (Å²) in [6.45, 7) is -0.0757. The molecule has 1 fully saturated rings. The zero-order valence-corrected chi connectivity index (χ0v) is 12.4. The standard InChI is InChI=1S/C12H13N3O6S/c1-19-8(16)4-14-20-3-2-7(21-14)15-11(17)6-5-22-10(13)9(6)12(15)18/h5,7H,2-4,13H2,1H3. The second-order valence-electron chi connectivity index (χ2n) is 4.62. The molecular weight excluding hydrogens is 314 g/mol. The van der Waals surface area contributed by atoms with Gasteiger partial charge >= 0.3 is 5.97 Å². The van der Waals surface area contributed by atoms with Crippen molar-refractivity contribution in [3.05, 3.63) is 16.5 Å². The summed E-state index contributed by atoms with van der Waals surface area (Å²) in [5.74, 6) is -1.52. The Morgan fingerprint density at radius 1 is 1.50 bits per heavy atom. The summed E-state index contributed by atoms with van der Waals surface area (Å²) in [6.07, 6.45) is -0.557. The number of hydrogen-bond acceptors (Lipinski definition) is 9. The number of carbonyl (C=O) groups is 3. The molecule has 2 aliphatic heterocycles. The van der Waals surface area contributed by atoms with E-state index in [1.54, 1.807) is 5.38 Å². The minimum Gasteiger partial charge on any atom is -0.468 e. The van der Waals surface area contributed by atoms with Crippen molar-refractivity contribution in [3.63, 3.8) is 0 Å². The Kier molecular flexibility index (Phi) is 3.83. The Bertz CT molecular complexity index is 645. The number of hydrogen-bond donors (Lipinski definition) is 1. The van der Waals surface area contributed by atoms with Crippen LogP contribution in [0, 0.1) is 0 Å². The van der Waals surface area contributed by atoms with Crippen molar-refractivity contribution in [2.75, 3.05) is 26.0 Å². The second kappa shape index (κ2) is 5.65. The molecule has 3 heterocycles. The molecule has 0 radical (unpaired) electrons. The summed E-state index contributed by atoms with van der Waals surface area (Å²) in [7, 11) is 1.23. The van der Waals surface area contributed by atoms with E-state index in [0.29, 0.717) is 11.4 Å². The SMILES string of the molecule is COC(=O)CN1OCCC(N2C(=O)c3csc(N)c3C2=O)O1. The zero-order valence-electron chi connectivity index (χ0n) is 11.6. The molecule has 118 valence electrons. The molecule has 0 aliphatic carbocycles. The highest BCUT2D eigenvalue weighted by molar-refractivity contribution is 7.14. The van der Waals surface area contributed by atoms with Gasteiger partial charge in [-0.1, -0.05) is 5.23 Å². The van der Waals surface area contributed by atoms with Gasteiger partial charge in [-0.25, -0.2) is 9.74 Å². The number of methoxy groups -OCH3 is 1. The van der Waals surface area contributed by atoms with Crippen LogP contribution in [0.25, 0.3) is 0 Å². The maximum atomic E-state index is 12.4. The molecule has 0 saturated carbocycles. The minimum atomic E-state index is -0.852. The van der Waals surface area contributed by atoms with Crippen molar-refractivity contribution in [1.29, 1.82) is 0 Å². The van der Waals surface area contributed by atoms with Crippen molar-refractivity contribution >= 4 is 34.1 Å². The first-order valence-electron chi connectivity index (χ1n) is 6.41. The monoisotopic (exact) mass is 327 g/mol. The minimum absolute atomic E-state index is 0.195. The highest BCUT2D eigenvalue weighted by atomic mass is 32.1. The van der Waals surface area contributed by atoms with Crippen LogP contribution in [0.5, 0.6) is 0 Å². The van der Waals surface area contributed by atoms with E-state index in [1.807, 2.05) is 0 Å². The summed E-state index contributed by atoms with van der Waals surface area (Å²) in [6, 6.07) is 0. The summed E-state index contributed by atoms with van der Waals surface area (Å²) in [5.41, 5.74) is 6.22. The zero-order chi connectivity index (χ0) is 15.9. The first-order valence-corrected chi connectivity index (χ1v) is 7.29. The molecule has 22 heavy (non-hydrogen) atoms. The van der Waals surface area contributed by atoms with Crippen molar-refractivity contribution in [1.82, 2.24) is 10.1 Å². The number of ether oxygens (including phenoxy) is 1. The molecule has 1 aromatic heterocycles. The number of amides is 2. The number of fused-ring (bicyclic) bond motifs is 1. The highest BCUT2D eigenvalue weighted by Crippen LogP contribution is 2.35. The van der Waals surface area contributed by atoms with Gasteiger partial charge in [0.25, 0.3) is 11.8 Å². The van der Waals surface area contributed by atoms with E-state index in [2.05, 4.69) is 4.74 Å². The molecule has 10 heteroatoms. The van der Waals surface area contributed by atoms with Gasteiger partial charge in [-0.2, -0.15) is 0 Å². The first kappa shape index (κ1) is 14.9. The predicted octanol–water partition coefficient (Wildman–Crippen LogP) is -0.00570. The van der Waals surface area contributed by atoms with Gasteiger partial charge < -0.3 is 10.5 Å². The molecule has 0 bridgehead atoms. The number of thiophene rings is 1. The quantitative estimate of drug-likeness (QED) is 0.610. The molecule has 2 amide bonds. The summed E-state index contributed by atoms with van der Waals surface area (Å²) in [5, 5.41) is 2.76. The van der Waals surface area contributed by atoms with Gasteiger partial charge in [0, 0.05) is 11.8 Å². The van der Waals surface area contributed by atoms with E-state index >= 15 is 0 Å². The molecule has 1 atom stereocenters. The van der Waals surface area contributed by atoms with Gasteiger partial charge in [0.15, 0.2) is 6.23 Å². The molecule has 0 spiro atoms. The molecular formula is C12H13N3O6S. The lowest BCUT2D eigenvalue weighted by Gasteiger charge is -2.34. The van der Waals surface area contributed by atoms with Gasteiger partial charge in [0.2, 0.25) is 0 Å². The molecule has 0 aromatic carbocycles. The maximum absolute atomic E-state index is 12.4. The fourth-order valence-electron chi connectivity index (χ4n) is 2.26. The normalized spacial score (nSPS) is 22.0. The Labute approximate surface area is 129 Å². The second-order valence-corrected chi connectivity index (χ2v) is 5.53. The summed E-state index contributed by atoms with van der Waals surface area (Å²) in [4.78, 5) is 47.4. The largest absolute Gasteiger partial charge is 0.468 e. The number of esters is 1. The van der Waals surface area contributed by atoms with Crippen molar-refractivity contribution in [2.45, 2.75) is 12.6 Å². The van der Waals surface area contributed by atoms with Crippen LogP contribution in [0.15, 0.2) is 5.38 Å². The van der Waals surface area contributed by atoms with Crippen LogP contribution in [-0.4, -0.2) is 54.4 Å². The summed E-state index contributed by atoms with van der Waals surface area (Å²) < 4.78 is 4.51. The van der Waals surface area contributed by atoms with E-state index in [0.717, 1.165) is 21.5 Å². The van der Waals surface area contributed by atoms with E-state index in [-0.39, 0.29) is 24.3 Å². The number of nitrogen functional groups attached to an aromatic ring is 1. The average molecular weight is 327 g/mol. The van der Waals surface area contributed by atoms with E-state index in [1.165, 1.54) is 7.11 Å². The predicted molar refractivity (Wildman–Crippen MR) is 73.4 cm³/mol. The van der Waals surface area contributed by atoms with Crippen LogP contribution in [0.3, 0.4) is 0 Å². The fourth-order valence-corrected chi connectivity index (χ4v) is 3.04. The highest BCUT2D eigenvalue weighted by Gasteiger charge is 2.44. The van der Waals surface area contributed by atoms with Crippen LogP contribution < -0.4 is 5.73 Å². The smallest absolute Gasteiger partial charge is 0.324 e. The topological polar surface area (TPSA) is 111 Å². The molecule has 1 unspecified atom stereocenters. The Balaban J connectivity index is 1.76. The van der Waals surface area contributed by atoms with E-state index in [9.17, 15) is 14.4 Å². The van der Waals surface area contributed by atoms with Crippen LogP contribution in [0.1, 0.15) is 27.1 Å². The molecule has 2 aliphatic rings. The number of imide groups is 1. The Morgan fingerprint density at radius 2 is 2.27 bits per heavy atom. The molecule has 2 N–H and O–H groups in total. The number of anilines is 1. The van der Waals surface area contributed by atoms with Gasteiger partial charge in [-0.3, -0.25) is 19.2 Å². The summed E-state index contributed by atoms with van der Waals surface area (Å²) >= 11 is 1.15. The third-order valence-electron chi connectivity index (χ3n) is 3.31. The van der Waals surface area contributed by atoms with Gasteiger partial charge in [-0.05, 0) is 0 Å².